The molecule has 52 heavy (non-hydrogen) atoms. The predicted molar refractivity (Wildman–Crippen MR) is 205 cm³/mol. The van der Waals surface area contributed by atoms with Gasteiger partial charge in [0.15, 0.2) is 0 Å². The third-order valence-electron chi connectivity index (χ3n) is 8.69. The lowest BCUT2D eigenvalue weighted by Gasteiger charge is -2.22. The van der Waals surface area contributed by atoms with E-state index >= 15 is 0 Å². The number of nitrogens with two attached hydrogens (primary N) is 1. The van der Waals surface area contributed by atoms with E-state index in [0.29, 0.717) is 36.2 Å². The summed E-state index contributed by atoms with van der Waals surface area (Å²) in [5.74, 6) is 0.568. The number of rotatable bonds is 18. The largest absolute Gasteiger partial charge is 0.494 e. The summed E-state index contributed by atoms with van der Waals surface area (Å²) >= 11 is 0. The highest BCUT2D eigenvalue weighted by Gasteiger charge is 2.24. The molecule has 1 aliphatic rings. The topological polar surface area (TPSA) is 152 Å². The number of amides is 2. The van der Waals surface area contributed by atoms with Gasteiger partial charge in [-0.3, -0.25) is 4.79 Å². The number of hydrogen-bond donors (Lipinski definition) is 4. The molecule has 0 aliphatic heterocycles. The quantitative estimate of drug-likeness (QED) is 0.0994. The number of carbonyl (C=O) groups excluding carboxylic acids is 2. The molecule has 3 aromatic rings. The van der Waals surface area contributed by atoms with E-state index < -0.39 is 29.6 Å². The zero-order valence-corrected chi connectivity index (χ0v) is 31.5. The zero-order chi connectivity index (χ0) is 37.9. The second-order valence-corrected chi connectivity index (χ2v) is 14.0. The fourth-order valence-corrected chi connectivity index (χ4v) is 5.81. The Morgan fingerprint density at radius 1 is 0.904 bits per heavy atom. The van der Waals surface area contributed by atoms with Crippen LogP contribution in [0.1, 0.15) is 88.2 Å². The second-order valence-electron chi connectivity index (χ2n) is 14.0. The molecule has 0 saturated heterocycles. The first-order valence-corrected chi connectivity index (χ1v) is 18.4. The maximum atomic E-state index is 11.8. The lowest BCUT2D eigenvalue weighted by atomic mass is 10.1. The van der Waals surface area contributed by atoms with E-state index in [1.165, 1.54) is 25.7 Å². The number of primary amides is 1. The number of ether oxygens (including phenoxy) is 3. The molecule has 11 nitrogen and oxygen atoms in total. The van der Waals surface area contributed by atoms with Crippen LogP contribution in [0, 0.1) is 5.92 Å². The minimum absolute atomic E-state index is 0.146. The van der Waals surface area contributed by atoms with Crippen molar-refractivity contribution in [1.29, 1.82) is 0 Å². The van der Waals surface area contributed by atoms with Crippen LogP contribution in [0.2, 0.25) is 0 Å². The molecule has 0 aromatic heterocycles. The van der Waals surface area contributed by atoms with Crippen molar-refractivity contribution in [2.24, 2.45) is 11.7 Å². The van der Waals surface area contributed by atoms with Crippen LogP contribution in [0.3, 0.4) is 0 Å². The van der Waals surface area contributed by atoms with E-state index in [4.69, 9.17) is 19.9 Å². The fraction of sp³-hybridized carbons (Fsp3) is 0.488. The Hall–Kier alpha value is -4.77. The second kappa shape index (κ2) is 21.6. The van der Waals surface area contributed by atoms with E-state index in [0.717, 1.165) is 49.4 Å². The van der Waals surface area contributed by atoms with E-state index in [2.05, 4.69) is 29.4 Å². The van der Waals surface area contributed by atoms with Crippen LogP contribution in [-0.4, -0.2) is 72.4 Å². The van der Waals surface area contributed by atoms with Crippen LogP contribution in [0.25, 0.3) is 0 Å². The molecule has 1 saturated carbocycles. The molecular formula is C41H58N4O7. The summed E-state index contributed by atoms with van der Waals surface area (Å²) in [5, 5.41) is 15.1. The lowest BCUT2D eigenvalue weighted by molar-refractivity contribution is -0.139. The van der Waals surface area contributed by atoms with Crippen LogP contribution in [0.4, 0.5) is 10.5 Å². The molecular weight excluding hydrogens is 660 g/mol. The van der Waals surface area contributed by atoms with Gasteiger partial charge in [0.1, 0.15) is 29.7 Å². The van der Waals surface area contributed by atoms with Crippen LogP contribution < -0.4 is 25.8 Å². The molecule has 0 unspecified atom stereocenters. The van der Waals surface area contributed by atoms with Crippen LogP contribution in [-0.2, 0) is 22.6 Å². The van der Waals surface area contributed by atoms with Gasteiger partial charge in [-0.1, -0.05) is 69.2 Å². The molecule has 1 fully saturated rings. The normalized spacial score (nSPS) is 13.4. The van der Waals surface area contributed by atoms with Gasteiger partial charge in [-0.05, 0) is 100 Å². The Morgan fingerprint density at radius 3 is 2.15 bits per heavy atom. The van der Waals surface area contributed by atoms with Gasteiger partial charge in [-0.2, -0.15) is 0 Å². The van der Waals surface area contributed by atoms with Crippen molar-refractivity contribution in [1.82, 2.24) is 10.2 Å². The molecule has 3 aromatic carbocycles. The van der Waals surface area contributed by atoms with Gasteiger partial charge in [0, 0.05) is 25.2 Å². The predicted octanol–water partition coefficient (Wildman–Crippen LogP) is 7.28. The van der Waals surface area contributed by atoms with Crippen molar-refractivity contribution < 1.29 is 33.7 Å². The Labute approximate surface area is 309 Å². The smallest absolute Gasteiger partial charge is 0.408 e. The molecule has 1 atom stereocenters. The van der Waals surface area contributed by atoms with E-state index in [1.807, 2.05) is 42.5 Å². The summed E-state index contributed by atoms with van der Waals surface area (Å²) in [4.78, 5) is 37.4. The van der Waals surface area contributed by atoms with Gasteiger partial charge < -0.3 is 40.6 Å². The highest BCUT2D eigenvalue weighted by Crippen LogP contribution is 2.27. The number of nitrogens with zero attached hydrogens (tertiary/aromatic N) is 1. The SMILES string of the molecule is CC(C)(C)OC(=O)N[C@H](Cc1ccc(OCc2ccccc2)cc1)C(=O)O.CCN(CC)CCCOc1ccc(NCC2CCCC2)c(C(N)=O)c1. The summed E-state index contributed by atoms with van der Waals surface area (Å²) in [6.45, 7) is 14.6. The van der Waals surface area contributed by atoms with Crippen molar-refractivity contribution in [3.8, 4) is 11.5 Å². The number of carbonyl (C=O) groups is 3. The zero-order valence-electron chi connectivity index (χ0n) is 31.5. The van der Waals surface area contributed by atoms with Crippen molar-refractivity contribution in [3.63, 3.8) is 0 Å². The average molecular weight is 719 g/mol. The van der Waals surface area contributed by atoms with Crippen molar-refractivity contribution in [3.05, 3.63) is 89.5 Å². The Kier molecular flexibility index (Phi) is 17.3. The number of carboxylic acid groups (broad SMARTS) is 1. The van der Waals surface area contributed by atoms with Gasteiger partial charge in [0.2, 0.25) is 0 Å². The number of benzene rings is 3. The number of nitrogens with one attached hydrogen (secondary N) is 2. The van der Waals surface area contributed by atoms with Crippen LogP contribution in [0.15, 0.2) is 72.8 Å². The molecule has 0 radical (unpaired) electrons. The molecule has 4 rings (SSSR count). The molecule has 5 N–H and O–H groups in total. The monoisotopic (exact) mass is 718 g/mol. The number of aliphatic carboxylic acids is 1. The fourth-order valence-electron chi connectivity index (χ4n) is 5.81. The van der Waals surface area contributed by atoms with Gasteiger partial charge >= 0.3 is 12.1 Å². The summed E-state index contributed by atoms with van der Waals surface area (Å²) in [5.41, 5.74) is 8.03. The minimum atomic E-state index is -1.12. The van der Waals surface area contributed by atoms with Gasteiger partial charge in [0.25, 0.3) is 5.91 Å². The van der Waals surface area contributed by atoms with Crippen LogP contribution in [0.5, 0.6) is 11.5 Å². The summed E-state index contributed by atoms with van der Waals surface area (Å²) in [6.07, 6.45) is 5.53. The molecule has 0 spiro atoms. The van der Waals surface area contributed by atoms with E-state index in [1.54, 1.807) is 51.1 Å². The molecule has 0 heterocycles. The Balaban J connectivity index is 0.000000281. The standard InChI is InChI=1S/C21H25NO5.C20H33N3O2/c1-21(2,3)27-20(25)22-18(19(23)24)13-15-9-11-17(12-10-15)26-14-16-7-5-4-6-8-16;1-3-23(4-2)12-7-13-25-17-10-11-19(18(14-17)20(21)24)22-15-16-8-5-6-9-16/h4-12,18H,13-14H2,1-3H3,(H,22,25)(H,23,24);10-11,14,16,22H,3-9,12-13,15H2,1-2H3,(H2,21,24)/t18-;/m1./s1. The first-order chi connectivity index (χ1) is 24.9. The summed E-state index contributed by atoms with van der Waals surface area (Å²) in [7, 11) is 0. The third-order valence-corrected chi connectivity index (χ3v) is 8.69. The average Bonchev–Trinajstić information content (AvgIpc) is 3.64. The molecule has 284 valence electrons. The first kappa shape index (κ1) is 41.6. The van der Waals surface area contributed by atoms with Gasteiger partial charge in [0.05, 0.1) is 12.2 Å². The third kappa shape index (κ3) is 15.6. The number of anilines is 1. The molecule has 1 aliphatic carbocycles. The van der Waals surface area contributed by atoms with Crippen molar-refractivity contribution >= 4 is 23.7 Å². The maximum Gasteiger partial charge on any atom is 0.408 e. The number of carboxylic acids is 1. The first-order valence-electron chi connectivity index (χ1n) is 18.4. The minimum Gasteiger partial charge on any atom is -0.494 e. The number of alkyl carbamates (subject to hydrolysis) is 1. The Morgan fingerprint density at radius 2 is 1.56 bits per heavy atom. The molecule has 0 bridgehead atoms. The van der Waals surface area contributed by atoms with Crippen molar-refractivity contribution in [2.75, 3.05) is 38.1 Å². The molecule has 11 heteroatoms. The Bertz CT molecular complexity index is 1520. The highest BCUT2D eigenvalue weighted by molar-refractivity contribution is 5.99. The van der Waals surface area contributed by atoms with Crippen molar-refractivity contribution in [2.45, 2.75) is 91.4 Å². The lowest BCUT2D eigenvalue weighted by Crippen LogP contribution is -2.44. The van der Waals surface area contributed by atoms with E-state index in [-0.39, 0.29) is 6.42 Å². The van der Waals surface area contributed by atoms with Gasteiger partial charge in [-0.15, -0.1) is 0 Å². The van der Waals surface area contributed by atoms with Gasteiger partial charge in [-0.25, -0.2) is 9.59 Å². The summed E-state index contributed by atoms with van der Waals surface area (Å²) in [6, 6.07) is 21.5. The number of hydrogen-bond acceptors (Lipinski definition) is 8. The maximum absolute atomic E-state index is 11.8. The molecule has 2 amide bonds. The highest BCUT2D eigenvalue weighted by atomic mass is 16.6. The van der Waals surface area contributed by atoms with E-state index in [9.17, 15) is 19.5 Å². The summed E-state index contributed by atoms with van der Waals surface area (Å²) < 4.78 is 16.6. The van der Waals surface area contributed by atoms with Crippen LogP contribution >= 0.6 is 0 Å².